The summed E-state index contributed by atoms with van der Waals surface area (Å²) >= 11 is 0. The molecule has 0 bridgehead atoms. The van der Waals surface area contributed by atoms with Crippen molar-refractivity contribution in [3.05, 3.63) is 71.8 Å². The maximum absolute atomic E-state index is 12.0. The minimum absolute atomic E-state index is 0.316. The van der Waals surface area contributed by atoms with Crippen LogP contribution in [0.5, 0.6) is 0 Å². The molecule has 2 atom stereocenters. The highest BCUT2D eigenvalue weighted by atomic mass is 16.3. The summed E-state index contributed by atoms with van der Waals surface area (Å²) in [6, 6.07) is 19.0. The number of β-amino-alcohol motifs (C(OH)–C–C–N with tert-alkyl or cyclic N) is 1. The lowest BCUT2D eigenvalue weighted by Gasteiger charge is -2.38. The number of piperazine rings is 1. The van der Waals surface area contributed by atoms with Gasteiger partial charge in [0.2, 0.25) is 5.91 Å². The molecule has 0 radical (unpaired) electrons. The second kappa shape index (κ2) is 8.25. The van der Waals surface area contributed by atoms with Crippen LogP contribution >= 0.6 is 0 Å². The van der Waals surface area contributed by atoms with Gasteiger partial charge in [0.1, 0.15) is 6.04 Å². The van der Waals surface area contributed by atoms with Crippen molar-refractivity contribution in [2.45, 2.75) is 12.1 Å². The average Bonchev–Trinajstić information content (AvgIpc) is 2.65. The van der Waals surface area contributed by atoms with Crippen LogP contribution in [-0.2, 0) is 4.79 Å². The smallest absolute Gasteiger partial charge is 0.239 e. The molecule has 0 aliphatic carbocycles. The number of benzene rings is 2. The quantitative estimate of drug-likeness (QED) is 0.838. The Labute approximate surface area is 148 Å². The molecule has 5 nitrogen and oxygen atoms in total. The third-order valence-electron chi connectivity index (χ3n) is 4.77. The maximum atomic E-state index is 12.0. The normalized spacial score (nSPS) is 18.6. The molecule has 1 aliphatic rings. The van der Waals surface area contributed by atoms with Crippen molar-refractivity contribution in [3.8, 4) is 0 Å². The van der Waals surface area contributed by atoms with Crippen LogP contribution in [-0.4, -0.2) is 53.5 Å². The van der Waals surface area contributed by atoms with Gasteiger partial charge in [0.25, 0.3) is 0 Å². The number of nitrogens with zero attached hydrogens (tertiary/aromatic N) is 2. The Kier molecular flexibility index (Phi) is 5.81. The molecule has 1 heterocycles. The average molecular weight is 339 g/mol. The summed E-state index contributed by atoms with van der Waals surface area (Å²) in [6.07, 6.45) is -0.492. The highest BCUT2D eigenvalue weighted by Crippen LogP contribution is 2.23. The first-order chi connectivity index (χ1) is 12.1. The van der Waals surface area contributed by atoms with Gasteiger partial charge in [-0.15, -0.1) is 0 Å². The zero-order valence-corrected chi connectivity index (χ0v) is 14.3. The molecule has 1 fully saturated rings. The van der Waals surface area contributed by atoms with Crippen molar-refractivity contribution in [2.24, 2.45) is 5.73 Å². The molecule has 3 N–H and O–H groups in total. The summed E-state index contributed by atoms with van der Waals surface area (Å²) in [5.41, 5.74) is 7.53. The number of amides is 1. The van der Waals surface area contributed by atoms with Crippen LogP contribution in [0.4, 0.5) is 0 Å². The van der Waals surface area contributed by atoms with Gasteiger partial charge in [0.05, 0.1) is 6.10 Å². The second-order valence-corrected chi connectivity index (χ2v) is 6.48. The molecule has 0 saturated carbocycles. The van der Waals surface area contributed by atoms with Crippen molar-refractivity contribution in [3.63, 3.8) is 0 Å². The summed E-state index contributed by atoms with van der Waals surface area (Å²) in [6.45, 7) is 3.72. The van der Waals surface area contributed by atoms with Crippen molar-refractivity contribution >= 4 is 5.91 Å². The van der Waals surface area contributed by atoms with Crippen molar-refractivity contribution in [1.82, 2.24) is 9.80 Å². The fourth-order valence-corrected chi connectivity index (χ4v) is 3.42. The van der Waals surface area contributed by atoms with Crippen LogP contribution < -0.4 is 5.73 Å². The van der Waals surface area contributed by atoms with Gasteiger partial charge in [-0.05, 0) is 11.1 Å². The standard InChI is InChI=1S/C20H25N3O2/c21-20(25)19(17-9-5-2-6-10-17)23-13-11-22(12-14-23)15-18(24)16-7-3-1-4-8-16/h1-10,18-19,24H,11-15H2,(H2,21,25)/t18-,19-/m1/s1. The van der Waals surface area contributed by atoms with E-state index in [0.29, 0.717) is 6.54 Å². The minimum atomic E-state index is -0.492. The lowest BCUT2D eigenvalue weighted by molar-refractivity contribution is -0.124. The fourth-order valence-electron chi connectivity index (χ4n) is 3.42. The van der Waals surface area contributed by atoms with Crippen LogP contribution in [0.2, 0.25) is 0 Å². The van der Waals surface area contributed by atoms with Gasteiger partial charge in [-0.2, -0.15) is 0 Å². The molecule has 1 saturated heterocycles. The SMILES string of the molecule is NC(=O)[C@@H](c1ccccc1)N1CCN(C[C@@H](O)c2ccccc2)CC1. The predicted octanol–water partition coefficient (Wildman–Crippen LogP) is 1.56. The van der Waals surface area contributed by atoms with E-state index in [4.69, 9.17) is 5.73 Å². The number of carbonyl (C=O) groups is 1. The first-order valence-corrected chi connectivity index (χ1v) is 8.69. The van der Waals surface area contributed by atoms with Crippen LogP contribution in [0, 0.1) is 0 Å². The van der Waals surface area contributed by atoms with Crippen LogP contribution in [0.15, 0.2) is 60.7 Å². The molecular formula is C20H25N3O2. The van der Waals surface area contributed by atoms with Crippen LogP contribution in [0.1, 0.15) is 23.3 Å². The molecule has 0 unspecified atom stereocenters. The van der Waals surface area contributed by atoms with E-state index in [1.54, 1.807) is 0 Å². The van der Waals surface area contributed by atoms with Gasteiger partial charge in [0, 0.05) is 32.7 Å². The molecule has 1 aliphatic heterocycles. The lowest BCUT2D eigenvalue weighted by atomic mass is 10.0. The predicted molar refractivity (Wildman–Crippen MR) is 97.8 cm³/mol. The molecule has 0 aromatic heterocycles. The number of nitrogens with two attached hydrogens (primary N) is 1. The van der Waals surface area contributed by atoms with Crippen LogP contribution in [0.25, 0.3) is 0 Å². The zero-order chi connectivity index (χ0) is 17.6. The van der Waals surface area contributed by atoms with Gasteiger partial charge in [-0.25, -0.2) is 0 Å². The fraction of sp³-hybridized carbons (Fsp3) is 0.350. The molecule has 2 aromatic rings. The lowest BCUT2D eigenvalue weighted by Crippen LogP contribution is -2.51. The number of hydrogen-bond donors (Lipinski definition) is 2. The summed E-state index contributed by atoms with van der Waals surface area (Å²) in [5, 5.41) is 10.4. The van der Waals surface area contributed by atoms with E-state index < -0.39 is 6.10 Å². The third kappa shape index (κ3) is 4.45. The van der Waals surface area contributed by atoms with E-state index >= 15 is 0 Å². The summed E-state index contributed by atoms with van der Waals surface area (Å²) in [7, 11) is 0. The summed E-state index contributed by atoms with van der Waals surface area (Å²) in [5.74, 6) is -0.316. The Bertz CT molecular complexity index is 670. The summed E-state index contributed by atoms with van der Waals surface area (Å²) < 4.78 is 0. The largest absolute Gasteiger partial charge is 0.387 e. The highest BCUT2D eigenvalue weighted by Gasteiger charge is 2.29. The summed E-state index contributed by atoms with van der Waals surface area (Å²) in [4.78, 5) is 16.3. The van der Waals surface area contributed by atoms with Gasteiger partial charge in [-0.1, -0.05) is 60.7 Å². The van der Waals surface area contributed by atoms with Gasteiger partial charge >= 0.3 is 0 Å². The zero-order valence-electron chi connectivity index (χ0n) is 14.3. The van der Waals surface area contributed by atoms with Crippen molar-refractivity contribution in [2.75, 3.05) is 32.7 Å². The first kappa shape index (κ1) is 17.6. The second-order valence-electron chi connectivity index (χ2n) is 6.48. The van der Waals surface area contributed by atoms with E-state index in [9.17, 15) is 9.90 Å². The number of rotatable bonds is 6. The Balaban J connectivity index is 1.58. The van der Waals surface area contributed by atoms with Crippen molar-refractivity contribution in [1.29, 1.82) is 0 Å². The van der Waals surface area contributed by atoms with Gasteiger partial charge in [0.15, 0.2) is 0 Å². The Morgan fingerprint density at radius 2 is 1.44 bits per heavy atom. The van der Waals surface area contributed by atoms with Gasteiger partial charge in [-0.3, -0.25) is 14.6 Å². The van der Waals surface area contributed by atoms with E-state index in [-0.39, 0.29) is 11.9 Å². The van der Waals surface area contributed by atoms with E-state index in [0.717, 1.165) is 37.3 Å². The van der Waals surface area contributed by atoms with E-state index in [2.05, 4.69) is 9.80 Å². The molecular weight excluding hydrogens is 314 g/mol. The van der Waals surface area contributed by atoms with Gasteiger partial charge < -0.3 is 10.8 Å². The molecule has 0 spiro atoms. The first-order valence-electron chi connectivity index (χ1n) is 8.69. The van der Waals surface area contributed by atoms with Crippen LogP contribution in [0.3, 0.4) is 0 Å². The monoisotopic (exact) mass is 339 g/mol. The highest BCUT2D eigenvalue weighted by molar-refractivity contribution is 5.81. The van der Waals surface area contributed by atoms with Crippen molar-refractivity contribution < 1.29 is 9.90 Å². The minimum Gasteiger partial charge on any atom is -0.387 e. The molecule has 3 rings (SSSR count). The maximum Gasteiger partial charge on any atom is 0.239 e. The van der Waals surface area contributed by atoms with E-state index in [1.807, 2.05) is 60.7 Å². The third-order valence-corrected chi connectivity index (χ3v) is 4.77. The molecule has 2 aromatic carbocycles. The molecule has 1 amide bonds. The number of aliphatic hydroxyl groups is 1. The number of hydrogen-bond acceptors (Lipinski definition) is 4. The topological polar surface area (TPSA) is 69.8 Å². The number of primary amides is 1. The number of aliphatic hydroxyl groups excluding tert-OH is 1. The molecule has 132 valence electrons. The Morgan fingerprint density at radius 1 is 0.920 bits per heavy atom. The Hall–Kier alpha value is -2.21. The molecule has 25 heavy (non-hydrogen) atoms. The van der Waals surface area contributed by atoms with E-state index in [1.165, 1.54) is 0 Å². The number of carbonyl (C=O) groups excluding carboxylic acids is 1. The Morgan fingerprint density at radius 3 is 1.96 bits per heavy atom. The molecule has 5 heteroatoms.